The SMILES string of the molecule is C/C(=C/Cl)CNCc1ccncn1. The molecular weight excluding hydrogens is 186 g/mol. The minimum atomic E-state index is 0.741. The Kier molecular flexibility index (Phi) is 4.43. The van der Waals surface area contributed by atoms with Crippen LogP contribution in [-0.4, -0.2) is 16.5 Å². The first-order valence-electron chi connectivity index (χ1n) is 4.04. The number of nitrogens with one attached hydrogen (secondary N) is 1. The Morgan fingerprint density at radius 2 is 2.54 bits per heavy atom. The molecule has 1 heterocycles. The van der Waals surface area contributed by atoms with Gasteiger partial charge in [-0.2, -0.15) is 0 Å². The Balaban J connectivity index is 2.28. The van der Waals surface area contributed by atoms with Crippen LogP contribution in [0.15, 0.2) is 29.7 Å². The molecule has 70 valence electrons. The number of nitrogens with zero attached hydrogens (tertiary/aromatic N) is 2. The smallest absolute Gasteiger partial charge is 0.115 e. The van der Waals surface area contributed by atoms with Crippen LogP contribution in [0.5, 0.6) is 0 Å². The molecule has 0 aromatic carbocycles. The largest absolute Gasteiger partial charge is 0.307 e. The van der Waals surface area contributed by atoms with Gasteiger partial charge in [-0.05, 0) is 18.6 Å². The van der Waals surface area contributed by atoms with E-state index in [0.717, 1.165) is 24.4 Å². The molecule has 3 nitrogen and oxygen atoms in total. The highest BCUT2D eigenvalue weighted by atomic mass is 35.5. The average molecular weight is 198 g/mol. The molecule has 0 saturated carbocycles. The second-order valence-corrected chi connectivity index (χ2v) is 2.98. The Labute approximate surface area is 82.9 Å². The van der Waals surface area contributed by atoms with Gasteiger partial charge < -0.3 is 5.32 Å². The molecule has 1 N–H and O–H groups in total. The summed E-state index contributed by atoms with van der Waals surface area (Å²) in [5, 5.41) is 3.21. The van der Waals surface area contributed by atoms with E-state index < -0.39 is 0 Å². The topological polar surface area (TPSA) is 37.8 Å². The quantitative estimate of drug-likeness (QED) is 0.799. The first-order chi connectivity index (χ1) is 6.33. The molecule has 0 aliphatic carbocycles. The zero-order chi connectivity index (χ0) is 9.52. The molecule has 0 radical (unpaired) electrons. The van der Waals surface area contributed by atoms with Crippen LogP contribution in [0.2, 0.25) is 0 Å². The van der Waals surface area contributed by atoms with Crippen molar-refractivity contribution in [2.45, 2.75) is 13.5 Å². The number of halogens is 1. The molecule has 4 heteroatoms. The minimum Gasteiger partial charge on any atom is -0.307 e. The van der Waals surface area contributed by atoms with E-state index in [1.54, 1.807) is 18.1 Å². The van der Waals surface area contributed by atoms with Crippen LogP contribution in [-0.2, 0) is 6.54 Å². The van der Waals surface area contributed by atoms with Gasteiger partial charge in [-0.1, -0.05) is 11.6 Å². The average Bonchev–Trinajstić information content (AvgIpc) is 2.19. The summed E-state index contributed by atoms with van der Waals surface area (Å²) >= 11 is 5.51. The molecule has 1 aromatic rings. The van der Waals surface area contributed by atoms with Crippen molar-refractivity contribution in [2.24, 2.45) is 0 Å². The van der Waals surface area contributed by atoms with Crippen molar-refractivity contribution in [2.75, 3.05) is 6.54 Å². The summed E-state index contributed by atoms with van der Waals surface area (Å²) in [6, 6.07) is 1.88. The molecule has 0 unspecified atom stereocenters. The molecule has 0 spiro atoms. The van der Waals surface area contributed by atoms with E-state index in [-0.39, 0.29) is 0 Å². The van der Waals surface area contributed by atoms with E-state index >= 15 is 0 Å². The van der Waals surface area contributed by atoms with Gasteiger partial charge in [0.05, 0.1) is 5.69 Å². The number of hydrogen-bond acceptors (Lipinski definition) is 3. The van der Waals surface area contributed by atoms with E-state index in [2.05, 4.69) is 15.3 Å². The zero-order valence-corrected chi connectivity index (χ0v) is 8.25. The number of aromatic nitrogens is 2. The van der Waals surface area contributed by atoms with E-state index in [0.29, 0.717) is 0 Å². The summed E-state index contributed by atoms with van der Waals surface area (Å²) in [6.07, 6.45) is 3.27. The number of rotatable bonds is 4. The molecule has 0 atom stereocenters. The van der Waals surface area contributed by atoms with Crippen molar-refractivity contribution in [1.82, 2.24) is 15.3 Å². The van der Waals surface area contributed by atoms with Gasteiger partial charge in [-0.15, -0.1) is 0 Å². The second kappa shape index (κ2) is 5.67. The molecule has 0 fully saturated rings. The molecule has 0 aliphatic rings. The molecule has 0 aliphatic heterocycles. The molecule has 0 amide bonds. The third-order valence-electron chi connectivity index (χ3n) is 1.54. The maximum Gasteiger partial charge on any atom is 0.115 e. The lowest BCUT2D eigenvalue weighted by Crippen LogP contribution is -2.16. The monoisotopic (exact) mass is 197 g/mol. The lowest BCUT2D eigenvalue weighted by molar-refractivity contribution is 0.720. The van der Waals surface area contributed by atoms with Gasteiger partial charge in [0.1, 0.15) is 6.33 Å². The van der Waals surface area contributed by atoms with Crippen molar-refractivity contribution >= 4 is 11.6 Å². The number of hydrogen-bond donors (Lipinski definition) is 1. The maximum absolute atomic E-state index is 5.51. The summed E-state index contributed by atoms with van der Waals surface area (Å²) in [4.78, 5) is 7.91. The van der Waals surface area contributed by atoms with Gasteiger partial charge in [-0.3, -0.25) is 0 Å². The van der Waals surface area contributed by atoms with Gasteiger partial charge in [0.25, 0.3) is 0 Å². The van der Waals surface area contributed by atoms with Gasteiger partial charge in [0.2, 0.25) is 0 Å². The normalized spacial score (nSPS) is 11.7. The molecular formula is C9H12ClN3. The summed E-state index contributed by atoms with van der Waals surface area (Å²) in [5.41, 5.74) is 3.67. The third kappa shape index (κ3) is 4.01. The van der Waals surface area contributed by atoms with E-state index in [1.807, 2.05) is 13.0 Å². The van der Waals surface area contributed by atoms with Crippen LogP contribution >= 0.6 is 11.6 Å². The van der Waals surface area contributed by atoms with E-state index in [4.69, 9.17) is 11.6 Å². The highest BCUT2D eigenvalue weighted by molar-refractivity contribution is 6.25. The second-order valence-electron chi connectivity index (χ2n) is 2.76. The Morgan fingerprint density at radius 3 is 3.15 bits per heavy atom. The Bertz CT molecular complexity index is 271. The minimum absolute atomic E-state index is 0.741. The lowest BCUT2D eigenvalue weighted by Gasteiger charge is -2.02. The molecule has 1 aromatic heterocycles. The molecule has 1 rings (SSSR count). The zero-order valence-electron chi connectivity index (χ0n) is 7.50. The summed E-state index contributed by atoms with van der Waals surface area (Å²) in [6.45, 7) is 3.50. The fourth-order valence-corrected chi connectivity index (χ4v) is 0.926. The van der Waals surface area contributed by atoms with Crippen molar-refractivity contribution < 1.29 is 0 Å². The molecule has 13 heavy (non-hydrogen) atoms. The standard InChI is InChI=1S/C9H12ClN3/c1-8(4-10)5-12-6-9-2-3-11-7-13-9/h2-4,7,12H,5-6H2,1H3/b8-4-. The Hall–Kier alpha value is -0.930. The van der Waals surface area contributed by atoms with E-state index in [9.17, 15) is 0 Å². The first kappa shape index (κ1) is 10.2. The van der Waals surface area contributed by atoms with Crippen LogP contribution in [0.1, 0.15) is 12.6 Å². The molecule has 0 bridgehead atoms. The fourth-order valence-electron chi connectivity index (χ4n) is 0.849. The van der Waals surface area contributed by atoms with Gasteiger partial charge >= 0.3 is 0 Å². The van der Waals surface area contributed by atoms with Crippen molar-refractivity contribution in [3.8, 4) is 0 Å². The van der Waals surface area contributed by atoms with Gasteiger partial charge in [0.15, 0.2) is 0 Å². The summed E-state index contributed by atoms with van der Waals surface area (Å²) in [7, 11) is 0. The maximum atomic E-state index is 5.51. The van der Waals surface area contributed by atoms with Crippen LogP contribution < -0.4 is 5.32 Å². The summed E-state index contributed by atoms with van der Waals surface area (Å²) < 4.78 is 0. The van der Waals surface area contributed by atoms with Crippen LogP contribution in [0, 0.1) is 0 Å². The van der Waals surface area contributed by atoms with Crippen molar-refractivity contribution in [1.29, 1.82) is 0 Å². The van der Waals surface area contributed by atoms with Crippen LogP contribution in [0.4, 0.5) is 0 Å². The lowest BCUT2D eigenvalue weighted by atomic mass is 10.3. The first-order valence-corrected chi connectivity index (χ1v) is 4.48. The molecule has 0 saturated heterocycles. The van der Waals surface area contributed by atoms with E-state index in [1.165, 1.54) is 0 Å². The predicted molar refractivity (Wildman–Crippen MR) is 53.3 cm³/mol. The summed E-state index contributed by atoms with van der Waals surface area (Å²) in [5.74, 6) is 0. The van der Waals surface area contributed by atoms with Crippen LogP contribution in [0.3, 0.4) is 0 Å². The van der Waals surface area contributed by atoms with Crippen molar-refractivity contribution in [3.63, 3.8) is 0 Å². The highest BCUT2D eigenvalue weighted by Crippen LogP contribution is 1.94. The van der Waals surface area contributed by atoms with Gasteiger partial charge in [-0.25, -0.2) is 9.97 Å². The Morgan fingerprint density at radius 1 is 1.69 bits per heavy atom. The van der Waals surface area contributed by atoms with Crippen LogP contribution in [0.25, 0.3) is 0 Å². The van der Waals surface area contributed by atoms with Gasteiger partial charge in [0, 0.05) is 24.8 Å². The predicted octanol–water partition coefficient (Wildman–Crippen LogP) is 1.71. The third-order valence-corrected chi connectivity index (χ3v) is 1.91. The highest BCUT2D eigenvalue weighted by Gasteiger charge is 1.92. The fraction of sp³-hybridized carbons (Fsp3) is 0.333. The van der Waals surface area contributed by atoms with Crippen molar-refractivity contribution in [3.05, 3.63) is 35.4 Å².